The summed E-state index contributed by atoms with van der Waals surface area (Å²) in [6, 6.07) is 3.81. The number of benzene rings is 1. The van der Waals surface area contributed by atoms with E-state index in [-0.39, 0.29) is 16.9 Å². The van der Waals surface area contributed by atoms with Crippen molar-refractivity contribution in [3.8, 4) is 5.75 Å². The zero-order valence-electron chi connectivity index (χ0n) is 12.0. The number of amides is 1. The fourth-order valence-electron chi connectivity index (χ4n) is 2.71. The Morgan fingerprint density at radius 3 is 2.13 bits per heavy atom. The highest BCUT2D eigenvalue weighted by atomic mass is 16.7. The third kappa shape index (κ3) is 3.17. The van der Waals surface area contributed by atoms with Gasteiger partial charge in [-0.15, -0.1) is 0 Å². The quantitative estimate of drug-likeness (QED) is 0.633. The van der Waals surface area contributed by atoms with Gasteiger partial charge < -0.3 is 24.1 Å². The van der Waals surface area contributed by atoms with Gasteiger partial charge in [0, 0.05) is 0 Å². The van der Waals surface area contributed by atoms with Crippen LogP contribution >= 0.6 is 0 Å². The maximum Gasteiger partial charge on any atom is 0.477 e. The van der Waals surface area contributed by atoms with Crippen LogP contribution in [0.15, 0.2) is 18.2 Å². The lowest BCUT2D eigenvalue weighted by Crippen LogP contribution is -2.33. The first-order chi connectivity index (χ1) is 11.1. The van der Waals surface area contributed by atoms with Crippen molar-refractivity contribution in [2.24, 2.45) is 0 Å². The summed E-state index contributed by atoms with van der Waals surface area (Å²) in [5.74, 6) is -2.25. The van der Waals surface area contributed by atoms with E-state index in [2.05, 4.69) is 0 Å². The number of nitrogens with zero attached hydrogens (tertiary/aromatic N) is 1. The number of rotatable bonds is 4. The number of phenols is 1. The molecule has 1 N–H and O–H groups in total. The Bertz CT molecular complexity index is 591. The molecule has 0 atom stereocenters. The maximum absolute atomic E-state index is 11.9. The fraction of sp³-hybridized carbons (Fsp3) is 0.500. The van der Waals surface area contributed by atoms with Gasteiger partial charge in [0.05, 0.1) is 32.3 Å². The molecule has 1 aromatic carbocycles. The minimum Gasteiger partial charge on any atom is -0.508 e. The number of carbonyl (C=O) groups excluding carboxylic acids is 1. The molecule has 0 saturated carbocycles. The largest absolute Gasteiger partial charge is 0.508 e. The van der Waals surface area contributed by atoms with Gasteiger partial charge >= 0.3 is 5.91 Å². The van der Waals surface area contributed by atoms with Crippen molar-refractivity contribution in [2.45, 2.75) is 18.5 Å². The molecule has 2 saturated heterocycles. The van der Waals surface area contributed by atoms with Crippen molar-refractivity contribution < 1.29 is 33.8 Å². The number of hydrogen-bond acceptors (Lipinski definition) is 8. The van der Waals surface area contributed by atoms with Crippen molar-refractivity contribution in [1.82, 2.24) is 0 Å². The molecule has 2 aliphatic rings. The van der Waals surface area contributed by atoms with E-state index in [1.807, 2.05) is 0 Å². The predicted octanol–water partition coefficient (Wildman–Crippen LogP) is 0.638. The second-order valence-electron chi connectivity index (χ2n) is 5.08. The third-order valence-electron chi connectivity index (χ3n) is 3.67. The van der Waals surface area contributed by atoms with Crippen molar-refractivity contribution >= 4 is 5.91 Å². The average Bonchev–Trinajstić information content (AvgIpc) is 3.22. The van der Waals surface area contributed by atoms with Gasteiger partial charge in [0.2, 0.25) is 0 Å². The van der Waals surface area contributed by atoms with Crippen LogP contribution in [-0.4, -0.2) is 54.9 Å². The Labute approximate surface area is 130 Å². The molecule has 0 unspecified atom stereocenters. The van der Waals surface area contributed by atoms with Gasteiger partial charge in [-0.1, -0.05) is 6.07 Å². The predicted molar refractivity (Wildman–Crippen MR) is 73.6 cm³/mol. The number of hydrogen-bond donors (Lipinski definition) is 1. The number of nitro groups is 1. The molecule has 0 aliphatic carbocycles. The first-order valence-electron chi connectivity index (χ1n) is 7.06. The SMILES string of the molecule is O=C(c1cc(O)ccc1C(C1OCCO1)C1OCCO1)[N+](=O)[O-]. The summed E-state index contributed by atoms with van der Waals surface area (Å²) in [6.45, 7) is 1.46. The van der Waals surface area contributed by atoms with Crippen molar-refractivity contribution in [2.75, 3.05) is 26.4 Å². The first-order valence-corrected chi connectivity index (χ1v) is 7.06. The molecule has 1 amide bonds. The minimum absolute atomic E-state index is 0.238. The number of phenolic OH excluding ortho intramolecular Hbond substituents is 1. The smallest absolute Gasteiger partial charge is 0.477 e. The molecule has 1 aromatic rings. The van der Waals surface area contributed by atoms with E-state index in [1.165, 1.54) is 12.1 Å². The number of ether oxygens (including phenoxy) is 4. The van der Waals surface area contributed by atoms with E-state index >= 15 is 0 Å². The molecule has 9 nitrogen and oxygen atoms in total. The molecule has 0 aromatic heterocycles. The standard InChI is InChI=1S/C14H15NO8/c16-8-1-2-9(10(7-8)12(17)15(18)19)11(13-20-3-4-21-13)14-22-5-6-23-14/h1-2,7,11,13-14,16H,3-6H2. The Morgan fingerprint density at radius 2 is 1.65 bits per heavy atom. The van der Waals surface area contributed by atoms with Gasteiger partial charge in [-0.3, -0.25) is 10.1 Å². The highest BCUT2D eigenvalue weighted by molar-refractivity contribution is 5.90. The summed E-state index contributed by atoms with van der Waals surface area (Å²) in [5, 5.41) is 20.5. The molecule has 2 heterocycles. The maximum atomic E-state index is 11.9. The fourth-order valence-corrected chi connectivity index (χ4v) is 2.71. The zero-order chi connectivity index (χ0) is 16.4. The summed E-state index contributed by atoms with van der Waals surface area (Å²) in [7, 11) is 0. The molecule has 2 aliphatic heterocycles. The Balaban J connectivity index is 2.04. The Hall–Kier alpha value is -2.07. The summed E-state index contributed by atoms with van der Waals surface area (Å²) in [4.78, 5) is 21.7. The number of aromatic hydroxyl groups is 1. The van der Waals surface area contributed by atoms with Crippen LogP contribution in [0.1, 0.15) is 21.8 Å². The van der Waals surface area contributed by atoms with E-state index in [0.29, 0.717) is 26.4 Å². The normalized spacial score (nSPS) is 19.5. The van der Waals surface area contributed by atoms with Crippen LogP contribution in [0.2, 0.25) is 0 Å². The third-order valence-corrected chi connectivity index (χ3v) is 3.67. The Morgan fingerprint density at radius 1 is 1.13 bits per heavy atom. The van der Waals surface area contributed by atoms with Gasteiger partial charge in [0.25, 0.3) is 0 Å². The molecular weight excluding hydrogens is 310 g/mol. The average molecular weight is 325 g/mol. The summed E-state index contributed by atoms with van der Waals surface area (Å²) in [6.07, 6.45) is -1.50. The van der Waals surface area contributed by atoms with Crippen LogP contribution in [0.3, 0.4) is 0 Å². The molecule has 3 rings (SSSR count). The summed E-state index contributed by atoms with van der Waals surface area (Å²) < 4.78 is 21.9. The lowest BCUT2D eigenvalue weighted by atomic mass is 9.92. The Kier molecular flexibility index (Phi) is 4.53. The van der Waals surface area contributed by atoms with Crippen molar-refractivity contribution in [3.05, 3.63) is 39.4 Å². The van der Waals surface area contributed by atoms with Crippen LogP contribution in [-0.2, 0) is 18.9 Å². The molecule has 23 heavy (non-hydrogen) atoms. The van der Waals surface area contributed by atoms with Crippen LogP contribution in [0, 0.1) is 10.1 Å². The van der Waals surface area contributed by atoms with Crippen LogP contribution in [0.5, 0.6) is 5.75 Å². The van der Waals surface area contributed by atoms with Crippen LogP contribution in [0.25, 0.3) is 0 Å². The van der Waals surface area contributed by atoms with Gasteiger partial charge in [-0.25, -0.2) is 4.79 Å². The minimum atomic E-state index is -1.32. The molecule has 0 radical (unpaired) electrons. The molecule has 0 bridgehead atoms. The lowest BCUT2D eigenvalue weighted by Gasteiger charge is -2.27. The zero-order valence-corrected chi connectivity index (χ0v) is 12.0. The van der Waals surface area contributed by atoms with Crippen LogP contribution < -0.4 is 0 Å². The van der Waals surface area contributed by atoms with E-state index in [9.17, 15) is 20.0 Å². The topological polar surface area (TPSA) is 117 Å². The first kappa shape index (κ1) is 15.8. The van der Waals surface area contributed by atoms with Crippen molar-refractivity contribution in [1.29, 1.82) is 0 Å². The molecule has 124 valence electrons. The van der Waals surface area contributed by atoms with Gasteiger partial charge in [-0.05, 0) is 17.7 Å². The molecular formula is C14H15NO8. The monoisotopic (exact) mass is 325 g/mol. The summed E-state index contributed by atoms with van der Waals surface area (Å²) in [5.41, 5.74) is 0.0431. The summed E-state index contributed by atoms with van der Waals surface area (Å²) >= 11 is 0. The van der Waals surface area contributed by atoms with E-state index < -0.39 is 29.3 Å². The van der Waals surface area contributed by atoms with E-state index in [4.69, 9.17) is 18.9 Å². The van der Waals surface area contributed by atoms with Gasteiger partial charge in [-0.2, -0.15) is 0 Å². The van der Waals surface area contributed by atoms with Crippen LogP contribution in [0.4, 0.5) is 0 Å². The molecule has 0 spiro atoms. The molecule has 9 heteroatoms. The second-order valence-corrected chi connectivity index (χ2v) is 5.08. The van der Waals surface area contributed by atoms with E-state index in [0.717, 1.165) is 6.07 Å². The van der Waals surface area contributed by atoms with Crippen molar-refractivity contribution in [3.63, 3.8) is 0 Å². The number of carbonyl (C=O) groups is 1. The highest BCUT2D eigenvalue weighted by Gasteiger charge is 2.41. The second kappa shape index (κ2) is 6.59. The van der Waals surface area contributed by atoms with Gasteiger partial charge in [0.1, 0.15) is 16.2 Å². The van der Waals surface area contributed by atoms with E-state index in [1.54, 1.807) is 0 Å². The van der Waals surface area contributed by atoms with Gasteiger partial charge in [0.15, 0.2) is 12.6 Å². The molecule has 2 fully saturated rings. The lowest BCUT2D eigenvalue weighted by molar-refractivity contribution is -0.375. The highest BCUT2D eigenvalue weighted by Crippen LogP contribution is 2.36.